The maximum absolute atomic E-state index is 9.97. The molecule has 1 aliphatic carbocycles. The average Bonchev–Trinajstić information content (AvgIpc) is 2.65. The largest absolute Gasteiger partial charge is 0.390 e. The Morgan fingerprint density at radius 2 is 2.46 bits per heavy atom. The van der Waals surface area contributed by atoms with Crippen LogP contribution in [-0.2, 0) is 6.54 Å². The lowest BCUT2D eigenvalue weighted by Gasteiger charge is -2.25. The van der Waals surface area contributed by atoms with Crippen LogP contribution in [0.2, 0.25) is 0 Å². The Labute approximate surface area is 75.2 Å². The molecule has 6 nitrogen and oxygen atoms in total. The van der Waals surface area contributed by atoms with Crippen LogP contribution >= 0.6 is 0 Å². The Morgan fingerprint density at radius 1 is 1.62 bits per heavy atom. The van der Waals surface area contributed by atoms with Crippen LogP contribution in [-0.4, -0.2) is 42.1 Å². The van der Waals surface area contributed by atoms with Crippen LogP contribution in [0.15, 0.2) is 6.33 Å². The van der Waals surface area contributed by atoms with Crippen LogP contribution in [0.3, 0.4) is 0 Å². The summed E-state index contributed by atoms with van der Waals surface area (Å²) in [4.78, 5) is 0. The summed E-state index contributed by atoms with van der Waals surface area (Å²) in [5.74, 6) is 0. The minimum Gasteiger partial charge on any atom is -0.390 e. The van der Waals surface area contributed by atoms with Crippen molar-refractivity contribution in [2.24, 2.45) is 0 Å². The molecular formula is C7H12N4O2. The molecule has 0 aliphatic heterocycles. The first-order valence-electron chi connectivity index (χ1n) is 4.32. The van der Waals surface area contributed by atoms with Crippen molar-refractivity contribution in [2.45, 2.75) is 37.5 Å². The summed E-state index contributed by atoms with van der Waals surface area (Å²) in [7, 11) is 0. The SMILES string of the molecule is OC1CCCC1(O)Cn1cnnn1. The van der Waals surface area contributed by atoms with E-state index in [2.05, 4.69) is 15.5 Å². The first-order chi connectivity index (χ1) is 6.21. The van der Waals surface area contributed by atoms with Gasteiger partial charge >= 0.3 is 0 Å². The maximum atomic E-state index is 9.97. The Kier molecular flexibility index (Phi) is 2.01. The fourth-order valence-electron chi connectivity index (χ4n) is 1.75. The van der Waals surface area contributed by atoms with Crippen LogP contribution < -0.4 is 0 Å². The third-order valence-electron chi connectivity index (χ3n) is 2.53. The van der Waals surface area contributed by atoms with Gasteiger partial charge in [0.1, 0.15) is 11.9 Å². The molecule has 1 saturated carbocycles. The summed E-state index contributed by atoms with van der Waals surface area (Å²) in [5.41, 5.74) is -1.05. The second-order valence-corrected chi connectivity index (χ2v) is 3.52. The second-order valence-electron chi connectivity index (χ2n) is 3.52. The number of hydrogen-bond donors (Lipinski definition) is 2. The molecule has 2 unspecified atom stereocenters. The predicted octanol–water partition coefficient (Wildman–Crippen LogP) is -1.05. The molecule has 0 radical (unpaired) electrons. The molecule has 2 N–H and O–H groups in total. The second kappa shape index (κ2) is 3.04. The summed E-state index contributed by atoms with van der Waals surface area (Å²) in [5, 5.41) is 30.0. The number of tetrazole rings is 1. The minimum atomic E-state index is -1.05. The Bertz CT molecular complexity index is 276. The van der Waals surface area contributed by atoms with Gasteiger partial charge in [0.25, 0.3) is 0 Å². The summed E-state index contributed by atoms with van der Waals surface area (Å²) >= 11 is 0. The first-order valence-corrected chi connectivity index (χ1v) is 4.32. The van der Waals surface area contributed by atoms with E-state index in [1.807, 2.05) is 0 Å². The minimum absolute atomic E-state index is 0.265. The van der Waals surface area contributed by atoms with Crippen molar-refractivity contribution in [3.05, 3.63) is 6.33 Å². The van der Waals surface area contributed by atoms with Gasteiger partial charge in [-0.3, -0.25) is 0 Å². The van der Waals surface area contributed by atoms with E-state index in [0.717, 1.165) is 6.42 Å². The van der Waals surface area contributed by atoms with Gasteiger partial charge in [-0.1, -0.05) is 0 Å². The van der Waals surface area contributed by atoms with Gasteiger partial charge < -0.3 is 10.2 Å². The van der Waals surface area contributed by atoms with Crippen molar-refractivity contribution in [3.8, 4) is 0 Å². The van der Waals surface area contributed by atoms with Crippen molar-refractivity contribution >= 4 is 0 Å². The standard InChI is InChI=1S/C7H12N4O2/c12-6-2-1-3-7(6,13)4-11-5-8-9-10-11/h5-6,12-13H,1-4H2. The zero-order valence-electron chi connectivity index (χ0n) is 7.17. The van der Waals surface area contributed by atoms with Crippen LogP contribution in [0.5, 0.6) is 0 Å². The number of rotatable bonds is 2. The summed E-state index contributed by atoms with van der Waals surface area (Å²) in [6.07, 6.45) is 2.88. The lowest BCUT2D eigenvalue weighted by atomic mass is 10.0. The van der Waals surface area contributed by atoms with Gasteiger partial charge in [-0.05, 0) is 29.7 Å². The zero-order valence-corrected chi connectivity index (χ0v) is 7.17. The summed E-state index contributed by atoms with van der Waals surface area (Å²) < 4.78 is 1.44. The molecule has 13 heavy (non-hydrogen) atoms. The number of hydrogen-bond acceptors (Lipinski definition) is 5. The Hall–Kier alpha value is -1.01. The molecule has 0 saturated heterocycles. The fourth-order valence-corrected chi connectivity index (χ4v) is 1.75. The van der Waals surface area contributed by atoms with Crippen LogP contribution in [0.1, 0.15) is 19.3 Å². The van der Waals surface area contributed by atoms with Crippen molar-refractivity contribution in [1.82, 2.24) is 20.2 Å². The molecule has 0 amide bonds. The smallest absolute Gasteiger partial charge is 0.138 e. The van der Waals surface area contributed by atoms with Gasteiger partial charge in [0, 0.05) is 0 Å². The Morgan fingerprint density at radius 3 is 3.00 bits per heavy atom. The molecule has 2 atom stereocenters. The van der Waals surface area contributed by atoms with E-state index in [1.54, 1.807) is 0 Å². The molecule has 72 valence electrons. The first kappa shape index (κ1) is 8.58. The van der Waals surface area contributed by atoms with Crippen molar-refractivity contribution in [3.63, 3.8) is 0 Å². The van der Waals surface area contributed by atoms with Crippen LogP contribution in [0.4, 0.5) is 0 Å². The van der Waals surface area contributed by atoms with Gasteiger partial charge in [0.05, 0.1) is 12.6 Å². The highest BCUT2D eigenvalue weighted by molar-refractivity contribution is 4.91. The molecule has 0 spiro atoms. The summed E-state index contributed by atoms with van der Waals surface area (Å²) in [6.45, 7) is 0.265. The van der Waals surface area contributed by atoms with E-state index in [-0.39, 0.29) is 6.54 Å². The van der Waals surface area contributed by atoms with E-state index >= 15 is 0 Å². The number of nitrogens with zero attached hydrogens (tertiary/aromatic N) is 4. The van der Waals surface area contributed by atoms with Gasteiger partial charge in [-0.25, -0.2) is 4.68 Å². The molecular weight excluding hydrogens is 172 g/mol. The van der Waals surface area contributed by atoms with E-state index in [9.17, 15) is 10.2 Å². The molecule has 1 aliphatic rings. The third-order valence-corrected chi connectivity index (χ3v) is 2.53. The maximum Gasteiger partial charge on any atom is 0.138 e. The summed E-state index contributed by atoms with van der Waals surface area (Å²) in [6, 6.07) is 0. The molecule has 2 rings (SSSR count). The fraction of sp³-hybridized carbons (Fsp3) is 0.857. The van der Waals surface area contributed by atoms with Gasteiger partial charge in [0.2, 0.25) is 0 Å². The monoisotopic (exact) mass is 184 g/mol. The van der Waals surface area contributed by atoms with Gasteiger partial charge in [-0.15, -0.1) is 5.10 Å². The van der Waals surface area contributed by atoms with Crippen LogP contribution in [0.25, 0.3) is 0 Å². The molecule has 6 heteroatoms. The molecule has 1 aromatic heterocycles. The molecule has 1 heterocycles. The molecule has 1 aromatic rings. The van der Waals surface area contributed by atoms with E-state index in [0.29, 0.717) is 12.8 Å². The number of aliphatic hydroxyl groups is 2. The van der Waals surface area contributed by atoms with E-state index in [4.69, 9.17) is 0 Å². The van der Waals surface area contributed by atoms with Crippen molar-refractivity contribution in [1.29, 1.82) is 0 Å². The van der Waals surface area contributed by atoms with Gasteiger partial charge in [0.15, 0.2) is 0 Å². The van der Waals surface area contributed by atoms with E-state index < -0.39 is 11.7 Å². The van der Waals surface area contributed by atoms with Crippen molar-refractivity contribution < 1.29 is 10.2 Å². The highest BCUT2D eigenvalue weighted by Crippen LogP contribution is 2.30. The van der Waals surface area contributed by atoms with E-state index in [1.165, 1.54) is 11.0 Å². The molecule has 0 aromatic carbocycles. The number of aliphatic hydroxyl groups excluding tert-OH is 1. The lowest BCUT2D eigenvalue weighted by Crippen LogP contribution is -2.41. The normalized spacial score (nSPS) is 33.8. The van der Waals surface area contributed by atoms with Crippen LogP contribution in [0, 0.1) is 0 Å². The molecule has 1 fully saturated rings. The average molecular weight is 184 g/mol. The third kappa shape index (κ3) is 1.54. The Balaban J connectivity index is 2.08. The number of aromatic nitrogens is 4. The van der Waals surface area contributed by atoms with Crippen molar-refractivity contribution in [2.75, 3.05) is 0 Å². The highest BCUT2D eigenvalue weighted by Gasteiger charge is 2.40. The lowest BCUT2D eigenvalue weighted by molar-refractivity contribution is -0.0664. The topological polar surface area (TPSA) is 84.1 Å². The highest BCUT2D eigenvalue weighted by atomic mass is 16.3. The zero-order chi connectivity index (χ0) is 9.31. The quantitative estimate of drug-likeness (QED) is 0.612. The molecule has 0 bridgehead atoms. The predicted molar refractivity (Wildman–Crippen MR) is 42.6 cm³/mol. The van der Waals surface area contributed by atoms with Gasteiger partial charge in [-0.2, -0.15) is 0 Å².